The predicted molar refractivity (Wildman–Crippen MR) is 86.9 cm³/mol. The van der Waals surface area contributed by atoms with Gasteiger partial charge in [-0.2, -0.15) is 0 Å². The van der Waals surface area contributed by atoms with Gasteiger partial charge in [0.25, 0.3) is 0 Å². The third-order valence-corrected chi connectivity index (χ3v) is 4.40. The summed E-state index contributed by atoms with van der Waals surface area (Å²) in [4.78, 5) is 23.7. The summed E-state index contributed by atoms with van der Waals surface area (Å²) in [6.07, 6.45) is 0.680. The van der Waals surface area contributed by atoms with Gasteiger partial charge in [0, 0.05) is 12.3 Å². The van der Waals surface area contributed by atoms with Crippen LogP contribution in [-0.2, 0) is 16.0 Å². The van der Waals surface area contributed by atoms with Crippen LogP contribution in [-0.4, -0.2) is 23.0 Å². The Morgan fingerprint density at radius 3 is 2.48 bits per heavy atom. The van der Waals surface area contributed by atoms with Gasteiger partial charge in [0.1, 0.15) is 6.04 Å². The standard InChI is InChI=1S/C19H17F2NO3/c20-15-7-6-12(9-16(15)21)13-10-14(13)18(23)22-17(19(24)25)8-11-4-2-1-3-5-11/h1-7,9,13-14,17H,8,10H2,(H,22,23)(H,24,25)/t13?,14?,17-/m0/s1. The van der Waals surface area contributed by atoms with Crippen LogP contribution in [0.25, 0.3) is 0 Å². The van der Waals surface area contributed by atoms with Crippen molar-refractivity contribution in [1.82, 2.24) is 5.32 Å². The summed E-state index contributed by atoms with van der Waals surface area (Å²) in [7, 11) is 0. The molecule has 0 bridgehead atoms. The van der Waals surface area contributed by atoms with Gasteiger partial charge >= 0.3 is 5.97 Å². The Hall–Kier alpha value is -2.76. The molecular formula is C19H17F2NO3. The highest BCUT2D eigenvalue weighted by molar-refractivity contribution is 5.87. The topological polar surface area (TPSA) is 66.4 Å². The maximum Gasteiger partial charge on any atom is 0.326 e. The van der Waals surface area contributed by atoms with Crippen molar-refractivity contribution in [3.63, 3.8) is 0 Å². The zero-order valence-electron chi connectivity index (χ0n) is 13.3. The SMILES string of the molecule is O=C(N[C@@H](Cc1ccccc1)C(=O)O)C1CC1c1ccc(F)c(F)c1. The van der Waals surface area contributed by atoms with Crippen molar-refractivity contribution >= 4 is 11.9 Å². The predicted octanol–water partition coefficient (Wildman–Crippen LogP) is 2.88. The van der Waals surface area contributed by atoms with Crippen LogP contribution in [0.4, 0.5) is 8.78 Å². The van der Waals surface area contributed by atoms with Gasteiger partial charge < -0.3 is 10.4 Å². The highest BCUT2D eigenvalue weighted by Gasteiger charge is 2.45. The number of aliphatic carboxylic acids is 1. The molecule has 0 heterocycles. The summed E-state index contributed by atoms with van der Waals surface area (Å²) >= 11 is 0. The van der Waals surface area contributed by atoms with E-state index in [9.17, 15) is 23.5 Å². The fourth-order valence-corrected chi connectivity index (χ4v) is 2.92. The first-order chi connectivity index (χ1) is 12.0. The summed E-state index contributed by atoms with van der Waals surface area (Å²) in [5.41, 5.74) is 1.36. The lowest BCUT2D eigenvalue weighted by atomic mass is 10.1. The number of amides is 1. The second kappa shape index (κ2) is 7.01. The molecule has 2 unspecified atom stereocenters. The van der Waals surface area contributed by atoms with Gasteiger partial charge in [0.05, 0.1) is 0 Å². The molecule has 0 saturated heterocycles. The number of hydrogen-bond acceptors (Lipinski definition) is 2. The number of halogens is 2. The normalized spacial score (nSPS) is 19.9. The molecule has 1 aliphatic carbocycles. The van der Waals surface area contributed by atoms with Crippen LogP contribution in [0.1, 0.15) is 23.5 Å². The van der Waals surface area contributed by atoms with E-state index >= 15 is 0 Å². The lowest BCUT2D eigenvalue weighted by Gasteiger charge is -2.14. The van der Waals surface area contributed by atoms with Crippen molar-refractivity contribution in [2.45, 2.75) is 24.8 Å². The number of carboxylic acids is 1. The molecule has 2 N–H and O–H groups in total. The first-order valence-electron chi connectivity index (χ1n) is 7.97. The number of rotatable bonds is 6. The number of nitrogens with one attached hydrogen (secondary N) is 1. The van der Waals surface area contributed by atoms with Crippen LogP contribution in [0.2, 0.25) is 0 Å². The first-order valence-corrected chi connectivity index (χ1v) is 7.97. The smallest absolute Gasteiger partial charge is 0.326 e. The molecule has 6 heteroatoms. The summed E-state index contributed by atoms with van der Waals surface area (Å²) in [6.45, 7) is 0. The molecule has 4 nitrogen and oxygen atoms in total. The maximum atomic E-state index is 13.3. The average molecular weight is 345 g/mol. The highest BCUT2D eigenvalue weighted by atomic mass is 19.2. The van der Waals surface area contributed by atoms with Crippen molar-refractivity contribution in [3.8, 4) is 0 Å². The quantitative estimate of drug-likeness (QED) is 0.846. The molecule has 0 aromatic heterocycles. The van der Waals surface area contributed by atoms with Gasteiger partial charge in [-0.3, -0.25) is 4.79 Å². The minimum absolute atomic E-state index is 0.185. The van der Waals surface area contributed by atoms with Crippen LogP contribution in [0, 0.1) is 17.6 Å². The number of carboxylic acid groups (broad SMARTS) is 1. The Bertz CT molecular complexity index is 795. The molecule has 0 spiro atoms. The average Bonchev–Trinajstić information content (AvgIpc) is 3.38. The molecule has 1 fully saturated rings. The molecule has 1 amide bonds. The van der Waals surface area contributed by atoms with Crippen LogP contribution < -0.4 is 5.32 Å². The Labute approximate surface area is 143 Å². The van der Waals surface area contributed by atoms with E-state index in [2.05, 4.69) is 5.32 Å². The van der Waals surface area contributed by atoms with Crippen molar-refractivity contribution in [3.05, 3.63) is 71.3 Å². The van der Waals surface area contributed by atoms with E-state index in [1.165, 1.54) is 6.07 Å². The summed E-state index contributed by atoms with van der Waals surface area (Å²) in [5.74, 6) is -3.99. The maximum absolute atomic E-state index is 13.3. The Kier molecular flexibility index (Phi) is 4.79. The van der Waals surface area contributed by atoms with Gasteiger partial charge in [-0.1, -0.05) is 36.4 Å². The highest BCUT2D eigenvalue weighted by Crippen LogP contribution is 2.47. The van der Waals surface area contributed by atoms with E-state index in [0.717, 1.165) is 17.7 Å². The number of benzene rings is 2. The molecule has 0 radical (unpaired) electrons. The number of carbonyl (C=O) groups excluding carboxylic acids is 1. The van der Waals surface area contributed by atoms with Gasteiger partial charge in [-0.15, -0.1) is 0 Å². The molecular weight excluding hydrogens is 328 g/mol. The van der Waals surface area contributed by atoms with Crippen LogP contribution in [0.5, 0.6) is 0 Å². The molecule has 1 saturated carbocycles. The number of hydrogen-bond donors (Lipinski definition) is 2. The zero-order valence-corrected chi connectivity index (χ0v) is 13.3. The summed E-state index contributed by atoms with van der Waals surface area (Å²) < 4.78 is 26.3. The molecule has 2 aromatic rings. The molecule has 3 rings (SSSR count). The molecule has 25 heavy (non-hydrogen) atoms. The van der Waals surface area contributed by atoms with E-state index in [1.54, 1.807) is 24.3 Å². The summed E-state index contributed by atoms with van der Waals surface area (Å²) in [6, 6.07) is 11.6. The Morgan fingerprint density at radius 1 is 1.12 bits per heavy atom. The fourth-order valence-electron chi connectivity index (χ4n) is 2.92. The zero-order chi connectivity index (χ0) is 18.0. The molecule has 2 aromatic carbocycles. The van der Waals surface area contributed by atoms with E-state index in [-0.39, 0.29) is 18.2 Å². The second-order valence-electron chi connectivity index (χ2n) is 6.21. The van der Waals surface area contributed by atoms with Gasteiger partial charge in [0.15, 0.2) is 11.6 Å². The molecule has 0 aliphatic heterocycles. The van der Waals surface area contributed by atoms with Crippen LogP contribution >= 0.6 is 0 Å². The largest absolute Gasteiger partial charge is 0.480 e. The van der Waals surface area contributed by atoms with E-state index in [1.807, 2.05) is 6.07 Å². The number of carbonyl (C=O) groups is 2. The van der Waals surface area contributed by atoms with Gasteiger partial charge in [0.2, 0.25) is 5.91 Å². The fraction of sp³-hybridized carbons (Fsp3) is 0.263. The first kappa shape index (κ1) is 17.1. The Morgan fingerprint density at radius 2 is 1.84 bits per heavy atom. The monoisotopic (exact) mass is 345 g/mol. The lowest BCUT2D eigenvalue weighted by molar-refractivity contribution is -0.142. The third-order valence-electron chi connectivity index (χ3n) is 4.40. The van der Waals surface area contributed by atoms with Crippen molar-refractivity contribution < 1.29 is 23.5 Å². The van der Waals surface area contributed by atoms with Crippen molar-refractivity contribution in [2.75, 3.05) is 0 Å². The molecule has 130 valence electrons. The van der Waals surface area contributed by atoms with Crippen molar-refractivity contribution in [2.24, 2.45) is 5.92 Å². The van der Waals surface area contributed by atoms with E-state index in [4.69, 9.17) is 0 Å². The van der Waals surface area contributed by atoms with Crippen LogP contribution in [0.3, 0.4) is 0 Å². The van der Waals surface area contributed by atoms with Crippen LogP contribution in [0.15, 0.2) is 48.5 Å². The van der Waals surface area contributed by atoms with Gasteiger partial charge in [-0.05, 0) is 35.6 Å². The summed E-state index contributed by atoms with van der Waals surface area (Å²) in [5, 5.41) is 11.9. The van der Waals surface area contributed by atoms with Crippen molar-refractivity contribution in [1.29, 1.82) is 0 Å². The second-order valence-corrected chi connectivity index (χ2v) is 6.21. The molecule has 1 aliphatic rings. The molecule has 3 atom stereocenters. The van der Waals surface area contributed by atoms with E-state index in [0.29, 0.717) is 12.0 Å². The Balaban J connectivity index is 1.63. The lowest BCUT2D eigenvalue weighted by Crippen LogP contribution is -2.43. The van der Waals surface area contributed by atoms with Gasteiger partial charge in [-0.25, -0.2) is 13.6 Å². The minimum Gasteiger partial charge on any atom is -0.480 e. The third kappa shape index (κ3) is 4.02. The minimum atomic E-state index is -1.11. The van der Waals surface area contributed by atoms with E-state index < -0.39 is 29.6 Å².